The third-order valence-electron chi connectivity index (χ3n) is 7.24. The Labute approximate surface area is 223 Å². The number of rotatable bonds is 9. The van der Waals surface area contributed by atoms with E-state index in [0.717, 1.165) is 30.4 Å². The van der Waals surface area contributed by atoms with Crippen LogP contribution in [0.1, 0.15) is 30.4 Å². The van der Waals surface area contributed by atoms with Gasteiger partial charge >= 0.3 is 0 Å². The second kappa shape index (κ2) is 11.8. The Hall–Kier alpha value is -1.68. The number of piperidine rings is 1. The van der Waals surface area contributed by atoms with E-state index < -0.39 is 16.1 Å². The lowest BCUT2D eigenvalue weighted by atomic mass is 9.78. The fraction of sp³-hybridized carbons (Fsp3) is 0.500. The lowest BCUT2D eigenvalue weighted by molar-refractivity contribution is -0.137. The topological polar surface area (TPSA) is 79.0 Å². The Morgan fingerprint density at radius 3 is 2.36 bits per heavy atom. The minimum Gasteiger partial charge on any atom is -0.375 e. The molecule has 10 heteroatoms. The highest BCUT2D eigenvalue weighted by atomic mass is 35.5. The van der Waals surface area contributed by atoms with Crippen molar-refractivity contribution in [2.45, 2.75) is 38.5 Å². The summed E-state index contributed by atoms with van der Waals surface area (Å²) in [6.07, 6.45) is 3.73. The summed E-state index contributed by atoms with van der Waals surface area (Å²) in [6.45, 7) is 3.44. The molecule has 0 radical (unpaired) electrons. The molecule has 0 aliphatic carbocycles. The molecule has 2 heterocycles. The average Bonchev–Trinajstić information content (AvgIpc) is 3.28. The standard InChI is InChI=1S/C26H33Cl2N3O4S/c1-36(33,34)31-14-11-26(19-31)9-12-30(13-10-26)25(32)24(29-16-20-5-3-2-4-6-20)18-35-17-21-7-8-22(27)23(28)15-21/h2-8,15,24,29H,9-14,16-19H2,1H3/t24-/m0/s1. The molecular formula is C26H33Cl2N3O4S. The molecule has 2 saturated heterocycles. The molecule has 7 nitrogen and oxygen atoms in total. The molecule has 1 N–H and O–H groups in total. The van der Waals surface area contributed by atoms with Crippen molar-refractivity contribution in [3.05, 3.63) is 69.7 Å². The number of hydrogen-bond acceptors (Lipinski definition) is 5. The number of sulfonamides is 1. The Balaban J connectivity index is 1.36. The van der Waals surface area contributed by atoms with Gasteiger partial charge in [0.2, 0.25) is 15.9 Å². The van der Waals surface area contributed by atoms with Crippen LogP contribution in [0.25, 0.3) is 0 Å². The van der Waals surface area contributed by atoms with Gasteiger partial charge in [0.05, 0.1) is 29.5 Å². The minimum absolute atomic E-state index is 0.00730. The van der Waals surface area contributed by atoms with Crippen molar-refractivity contribution in [1.29, 1.82) is 0 Å². The molecular weight excluding hydrogens is 521 g/mol. The van der Waals surface area contributed by atoms with Crippen molar-refractivity contribution in [3.8, 4) is 0 Å². The van der Waals surface area contributed by atoms with Crippen molar-refractivity contribution in [3.63, 3.8) is 0 Å². The van der Waals surface area contributed by atoms with Crippen LogP contribution in [0.3, 0.4) is 0 Å². The Morgan fingerprint density at radius 1 is 1.03 bits per heavy atom. The van der Waals surface area contributed by atoms with E-state index in [0.29, 0.717) is 49.4 Å². The van der Waals surface area contributed by atoms with Crippen molar-refractivity contribution in [2.24, 2.45) is 5.41 Å². The highest BCUT2D eigenvalue weighted by Crippen LogP contribution is 2.41. The third kappa shape index (κ3) is 7.00. The number of hydrogen-bond donors (Lipinski definition) is 1. The predicted molar refractivity (Wildman–Crippen MR) is 142 cm³/mol. The fourth-order valence-corrected chi connectivity index (χ4v) is 6.24. The molecule has 0 unspecified atom stereocenters. The van der Waals surface area contributed by atoms with Gasteiger partial charge in [-0.05, 0) is 47.9 Å². The molecule has 0 aromatic heterocycles. The number of nitrogens with zero attached hydrogens (tertiary/aromatic N) is 2. The zero-order valence-electron chi connectivity index (χ0n) is 20.5. The number of halogens is 2. The van der Waals surface area contributed by atoms with E-state index in [9.17, 15) is 13.2 Å². The van der Waals surface area contributed by atoms with Crippen LogP contribution in [-0.2, 0) is 32.7 Å². The van der Waals surface area contributed by atoms with E-state index in [-0.39, 0.29) is 17.9 Å². The lowest BCUT2D eigenvalue weighted by Crippen LogP contribution is -2.52. The summed E-state index contributed by atoms with van der Waals surface area (Å²) in [5, 5.41) is 4.33. The zero-order valence-corrected chi connectivity index (χ0v) is 22.8. The smallest absolute Gasteiger partial charge is 0.242 e. The van der Waals surface area contributed by atoms with Crippen LogP contribution in [0.4, 0.5) is 0 Å². The summed E-state index contributed by atoms with van der Waals surface area (Å²) in [5.41, 5.74) is 1.94. The molecule has 1 spiro atoms. The maximum atomic E-state index is 13.5. The van der Waals surface area contributed by atoms with Crippen molar-refractivity contribution in [2.75, 3.05) is 39.0 Å². The number of benzene rings is 2. The van der Waals surface area contributed by atoms with Gasteiger partial charge in [0.1, 0.15) is 6.04 Å². The zero-order chi connectivity index (χ0) is 25.8. The van der Waals surface area contributed by atoms with E-state index in [1.807, 2.05) is 41.3 Å². The normalized spacial score (nSPS) is 19.0. The molecule has 2 aliphatic rings. The number of likely N-dealkylation sites (tertiary alicyclic amines) is 1. The first kappa shape index (κ1) is 27.4. The highest BCUT2D eigenvalue weighted by Gasteiger charge is 2.44. The molecule has 196 valence electrons. The van der Waals surface area contributed by atoms with Crippen molar-refractivity contribution >= 4 is 39.1 Å². The van der Waals surface area contributed by atoms with Crippen LogP contribution in [0.15, 0.2) is 48.5 Å². The number of ether oxygens (including phenoxy) is 1. The number of nitrogens with one attached hydrogen (secondary N) is 1. The Kier molecular flexibility index (Phi) is 8.96. The summed E-state index contributed by atoms with van der Waals surface area (Å²) >= 11 is 12.1. The van der Waals surface area contributed by atoms with Crippen LogP contribution in [0.2, 0.25) is 10.0 Å². The van der Waals surface area contributed by atoms with Crippen molar-refractivity contribution < 1.29 is 17.9 Å². The molecule has 2 fully saturated rings. The predicted octanol–water partition coefficient (Wildman–Crippen LogP) is 3.94. The first-order valence-electron chi connectivity index (χ1n) is 12.2. The summed E-state index contributed by atoms with van der Waals surface area (Å²) in [7, 11) is -3.18. The molecule has 4 rings (SSSR count). The molecule has 2 aromatic carbocycles. The summed E-state index contributed by atoms with van der Waals surface area (Å²) in [6, 6.07) is 14.8. The lowest BCUT2D eigenvalue weighted by Gasteiger charge is -2.40. The van der Waals surface area contributed by atoms with E-state index in [4.69, 9.17) is 27.9 Å². The molecule has 36 heavy (non-hydrogen) atoms. The van der Waals surface area contributed by atoms with Crippen LogP contribution in [0, 0.1) is 5.41 Å². The first-order valence-corrected chi connectivity index (χ1v) is 14.8. The van der Waals surface area contributed by atoms with E-state index in [1.165, 1.54) is 6.26 Å². The minimum atomic E-state index is -3.18. The second-order valence-corrected chi connectivity index (χ2v) is 12.7. The molecule has 2 aromatic rings. The van der Waals surface area contributed by atoms with E-state index in [2.05, 4.69) is 5.32 Å². The Morgan fingerprint density at radius 2 is 1.72 bits per heavy atom. The summed E-state index contributed by atoms with van der Waals surface area (Å²) in [5.74, 6) is 0.00730. The SMILES string of the molecule is CS(=O)(=O)N1CCC2(CCN(C(=O)[C@H](COCc3ccc(Cl)c(Cl)c3)NCc3ccccc3)CC2)C1. The van der Waals surface area contributed by atoms with Gasteiger partial charge in [0.15, 0.2) is 0 Å². The van der Waals surface area contributed by atoms with Gasteiger partial charge in [0, 0.05) is 32.7 Å². The molecule has 1 amide bonds. The van der Waals surface area contributed by atoms with Gasteiger partial charge in [-0.1, -0.05) is 59.6 Å². The maximum absolute atomic E-state index is 13.5. The number of amides is 1. The van der Waals surface area contributed by atoms with Gasteiger partial charge in [0.25, 0.3) is 0 Å². The summed E-state index contributed by atoms with van der Waals surface area (Å²) in [4.78, 5) is 15.4. The van der Waals surface area contributed by atoms with Gasteiger partial charge in [-0.3, -0.25) is 10.1 Å². The van der Waals surface area contributed by atoms with Gasteiger partial charge < -0.3 is 9.64 Å². The second-order valence-electron chi connectivity index (χ2n) is 9.85. The summed E-state index contributed by atoms with van der Waals surface area (Å²) < 4.78 is 31.5. The van der Waals surface area contributed by atoms with E-state index in [1.54, 1.807) is 16.4 Å². The molecule has 1 atom stereocenters. The first-order chi connectivity index (χ1) is 17.2. The third-order valence-corrected chi connectivity index (χ3v) is 9.23. The van der Waals surface area contributed by atoms with E-state index >= 15 is 0 Å². The largest absolute Gasteiger partial charge is 0.375 e. The maximum Gasteiger partial charge on any atom is 0.242 e. The van der Waals surface area contributed by atoms with Crippen molar-refractivity contribution in [1.82, 2.24) is 14.5 Å². The number of carbonyl (C=O) groups excluding carboxylic acids is 1. The van der Waals surface area contributed by atoms with Gasteiger partial charge in [-0.25, -0.2) is 12.7 Å². The average molecular weight is 555 g/mol. The monoisotopic (exact) mass is 553 g/mol. The quantitative estimate of drug-likeness (QED) is 0.508. The van der Waals surface area contributed by atoms with Crippen LogP contribution >= 0.6 is 23.2 Å². The molecule has 2 aliphatic heterocycles. The number of carbonyl (C=O) groups is 1. The fourth-order valence-electron chi connectivity index (χ4n) is 4.99. The van der Waals surface area contributed by atoms with Crippen LogP contribution in [-0.4, -0.2) is 68.6 Å². The van der Waals surface area contributed by atoms with Crippen LogP contribution < -0.4 is 5.32 Å². The molecule has 0 bridgehead atoms. The molecule has 0 saturated carbocycles. The van der Waals surface area contributed by atoms with Crippen LogP contribution in [0.5, 0.6) is 0 Å². The highest BCUT2D eigenvalue weighted by molar-refractivity contribution is 7.88. The van der Waals surface area contributed by atoms with Gasteiger partial charge in [-0.15, -0.1) is 0 Å². The Bertz CT molecular complexity index is 1160. The van der Waals surface area contributed by atoms with Gasteiger partial charge in [-0.2, -0.15) is 0 Å².